The molecule has 1 aromatic carbocycles. The molecule has 0 saturated heterocycles. The summed E-state index contributed by atoms with van der Waals surface area (Å²) in [6, 6.07) is 0.957. The standard InChI is InChI=1S/C20H26N2O7/c1-10-15-11(6-7-12(19(26)27)16(15)28-5)18(25)22(10)13(17(21)24)8-9-14(23)29-20(2,3)4/h6-7,10,13H,8-9H2,1-5H3,(H2,21,24)(H,26,27)/t10-,13+/m1/s1. The Morgan fingerprint density at radius 1 is 1.28 bits per heavy atom. The third-order valence-corrected chi connectivity index (χ3v) is 4.64. The summed E-state index contributed by atoms with van der Waals surface area (Å²) < 4.78 is 10.5. The van der Waals surface area contributed by atoms with Crippen LogP contribution in [0.25, 0.3) is 0 Å². The number of carboxylic acids is 1. The lowest BCUT2D eigenvalue weighted by molar-refractivity contribution is -0.155. The fourth-order valence-electron chi connectivity index (χ4n) is 3.52. The minimum atomic E-state index is -1.20. The monoisotopic (exact) mass is 406 g/mol. The largest absolute Gasteiger partial charge is 0.495 e. The highest BCUT2D eigenvalue weighted by Crippen LogP contribution is 2.42. The Morgan fingerprint density at radius 2 is 1.90 bits per heavy atom. The summed E-state index contributed by atoms with van der Waals surface area (Å²) >= 11 is 0. The lowest BCUT2D eigenvalue weighted by Gasteiger charge is -2.30. The molecule has 0 aliphatic carbocycles. The van der Waals surface area contributed by atoms with Crippen molar-refractivity contribution in [1.29, 1.82) is 0 Å². The van der Waals surface area contributed by atoms with E-state index in [1.165, 1.54) is 24.1 Å². The van der Waals surface area contributed by atoms with Gasteiger partial charge >= 0.3 is 11.9 Å². The van der Waals surface area contributed by atoms with Crippen LogP contribution in [0.4, 0.5) is 0 Å². The van der Waals surface area contributed by atoms with Crippen molar-refractivity contribution < 1.29 is 33.8 Å². The van der Waals surface area contributed by atoms with Gasteiger partial charge in [-0.15, -0.1) is 0 Å². The van der Waals surface area contributed by atoms with E-state index in [1.807, 2.05) is 0 Å². The molecule has 0 spiro atoms. The molecule has 2 atom stereocenters. The van der Waals surface area contributed by atoms with Crippen molar-refractivity contribution in [3.8, 4) is 5.75 Å². The van der Waals surface area contributed by atoms with Crippen LogP contribution in [0.1, 0.15) is 72.9 Å². The highest BCUT2D eigenvalue weighted by Gasteiger charge is 2.43. The van der Waals surface area contributed by atoms with Crippen molar-refractivity contribution in [2.45, 2.75) is 58.2 Å². The Balaban J connectivity index is 2.34. The summed E-state index contributed by atoms with van der Waals surface area (Å²) in [5, 5.41) is 9.38. The molecule has 3 N–H and O–H groups in total. The lowest BCUT2D eigenvalue weighted by Crippen LogP contribution is -2.46. The molecule has 0 bridgehead atoms. The van der Waals surface area contributed by atoms with Crippen LogP contribution in [0, 0.1) is 0 Å². The number of hydrogen-bond acceptors (Lipinski definition) is 6. The van der Waals surface area contributed by atoms with Crippen molar-refractivity contribution in [3.63, 3.8) is 0 Å². The molecule has 1 heterocycles. The zero-order chi connectivity index (χ0) is 22.1. The van der Waals surface area contributed by atoms with Crippen molar-refractivity contribution in [2.24, 2.45) is 5.73 Å². The summed E-state index contributed by atoms with van der Waals surface area (Å²) in [7, 11) is 1.32. The van der Waals surface area contributed by atoms with Crippen molar-refractivity contribution in [2.75, 3.05) is 7.11 Å². The summed E-state index contributed by atoms with van der Waals surface area (Å²) in [5.41, 5.74) is 5.38. The highest BCUT2D eigenvalue weighted by atomic mass is 16.6. The SMILES string of the molecule is COc1c(C(=O)O)ccc2c1[C@@H](C)N([C@@H](CCC(=O)OC(C)(C)C)C(N)=O)C2=O. The van der Waals surface area contributed by atoms with E-state index in [1.54, 1.807) is 27.7 Å². The van der Waals surface area contributed by atoms with Gasteiger partial charge in [0.25, 0.3) is 5.91 Å². The Labute approximate surface area is 168 Å². The van der Waals surface area contributed by atoms with Gasteiger partial charge in [-0.25, -0.2) is 4.79 Å². The number of carbonyl (C=O) groups excluding carboxylic acids is 3. The topological polar surface area (TPSA) is 136 Å². The van der Waals surface area contributed by atoms with Crippen LogP contribution in [0.5, 0.6) is 5.75 Å². The van der Waals surface area contributed by atoms with Crippen LogP contribution in [0.2, 0.25) is 0 Å². The molecule has 1 aliphatic rings. The first kappa shape index (κ1) is 22.2. The molecule has 29 heavy (non-hydrogen) atoms. The predicted molar refractivity (Wildman–Crippen MR) is 103 cm³/mol. The molecule has 0 fully saturated rings. The number of carboxylic acid groups (broad SMARTS) is 1. The van der Waals surface area contributed by atoms with E-state index in [-0.39, 0.29) is 29.7 Å². The van der Waals surface area contributed by atoms with Crippen molar-refractivity contribution >= 4 is 23.8 Å². The van der Waals surface area contributed by atoms with Gasteiger partial charge in [-0.1, -0.05) is 0 Å². The summed E-state index contributed by atoms with van der Waals surface area (Å²) in [6.45, 7) is 6.84. The third-order valence-electron chi connectivity index (χ3n) is 4.64. The van der Waals surface area contributed by atoms with Gasteiger partial charge in [0, 0.05) is 17.5 Å². The number of hydrogen-bond donors (Lipinski definition) is 2. The Kier molecular flexibility index (Phi) is 6.20. The molecule has 9 nitrogen and oxygen atoms in total. The second-order valence-corrected chi connectivity index (χ2v) is 7.84. The van der Waals surface area contributed by atoms with E-state index in [9.17, 15) is 24.3 Å². The maximum Gasteiger partial charge on any atom is 0.339 e. The van der Waals surface area contributed by atoms with Gasteiger partial charge in [0.05, 0.1) is 13.2 Å². The van der Waals surface area contributed by atoms with E-state index in [0.29, 0.717) is 5.56 Å². The molecule has 9 heteroatoms. The third kappa shape index (κ3) is 4.49. The van der Waals surface area contributed by atoms with Crippen LogP contribution in [0.3, 0.4) is 0 Å². The van der Waals surface area contributed by atoms with Crippen LogP contribution in [0.15, 0.2) is 12.1 Å². The number of nitrogens with two attached hydrogens (primary N) is 1. The fraction of sp³-hybridized carbons (Fsp3) is 0.500. The molecule has 2 amide bonds. The number of ether oxygens (including phenoxy) is 2. The molecule has 1 aromatic rings. The molecule has 1 aliphatic heterocycles. The van der Waals surface area contributed by atoms with E-state index in [4.69, 9.17) is 15.2 Å². The number of rotatable bonds is 7. The van der Waals surface area contributed by atoms with Crippen molar-refractivity contribution in [1.82, 2.24) is 4.90 Å². The van der Waals surface area contributed by atoms with Gasteiger partial charge in [-0.2, -0.15) is 0 Å². The zero-order valence-corrected chi connectivity index (χ0v) is 17.1. The number of nitrogens with zero attached hydrogens (tertiary/aromatic N) is 1. The number of benzene rings is 1. The first-order valence-corrected chi connectivity index (χ1v) is 9.17. The second kappa shape index (κ2) is 8.10. The number of carbonyl (C=O) groups is 4. The van der Waals surface area contributed by atoms with E-state index >= 15 is 0 Å². The molecule has 2 rings (SSSR count). The quantitative estimate of drug-likeness (QED) is 0.660. The van der Waals surface area contributed by atoms with Crippen LogP contribution < -0.4 is 10.5 Å². The smallest absolute Gasteiger partial charge is 0.339 e. The van der Waals surface area contributed by atoms with Gasteiger partial charge in [-0.3, -0.25) is 14.4 Å². The maximum atomic E-state index is 13.0. The number of amides is 2. The van der Waals surface area contributed by atoms with Gasteiger partial charge < -0.3 is 25.2 Å². The van der Waals surface area contributed by atoms with Crippen LogP contribution in [-0.2, 0) is 14.3 Å². The molecule has 0 unspecified atom stereocenters. The normalized spacial score (nSPS) is 16.9. The summed E-state index contributed by atoms with van der Waals surface area (Å²) in [6.07, 6.45) is -0.113. The first-order chi connectivity index (χ1) is 13.4. The average Bonchev–Trinajstić information content (AvgIpc) is 2.84. The van der Waals surface area contributed by atoms with Crippen molar-refractivity contribution in [3.05, 3.63) is 28.8 Å². The molecule has 158 valence electrons. The van der Waals surface area contributed by atoms with Gasteiger partial charge in [0.15, 0.2) is 0 Å². The van der Waals surface area contributed by atoms with E-state index in [0.717, 1.165) is 0 Å². The Hall–Kier alpha value is -3.10. The molecular formula is C20H26N2O7. The number of aromatic carboxylic acids is 1. The molecule has 0 aromatic heterocycles. The van der Waals surface area contributed by atoms with Gasteiger partial charge in [0.1, 0.15) is 23.0 Å². The minimum absolute atomic E-state index is 0.0115. The lowest BCUT2D eigenvalue weighted by atomic mass is 10.00. The fourth-order valence-corrected chi connectivity index (χ4v) is 3.52. The predicted octanol–water partition coefficient (Wildman–Crippen LogP) is 1.89. The molecule has 0 radical (unpaired) electrons. The van der Waals surface area contributed by atoms with Crippen LogP contribution in [-0.4, -0.2) is 52.5 Å². The number of esters is 1. The second-order valence-electron chi connectivity index (χ2n) is 7.84. The van der Waals surface area contributed by atoms with Crippen LogP contribution >= 0.6 is 0 Å². The Morgan fingerprint density at radius 3 is 2.38 bits per heavy atom. The molecular weight excluding hydrogens is 380 g/mol. The van der Waals surface area contributed by atoms with Gasteiger partial charge in [0.2, 0.25) is 5.91 Å². The molecule has 0 saturated carbocycles. The highest BCUT2D eigenvalue weighted by molar-refractivity contribution is 6.04. The summed E-state index contributed by atoms with van der Waals surface area (Å²) in [5.74, 6) is -2.88. The number of primary amides is 1. The number of fused-ring (bicyclic) bond motifs is 1. The number of methoxy groups -OCH3 is 1. The maximum absolute atomic E-state index is 13.0. The first-order valence-electron chi connectivity index (χ1n) is 9.17. The summed E-state index contributed by atoms with van der Waals surface area (Å²) in [4.78, 5) is 49.9. The average molecular weight is 406 g/mol. The Bertz CT molecular complexity index is 857. The van der Waals surface area contributed by atoms with E-state index < -0.39 is 41.4 Å². The minimum Gasteiger partial charge on any atom is -0.495 e. The van der Waals surface area contributed by atoms with Gasteiger partial charge in [-0.05, 0) is 46.2 Å². The zero-order valence-electron chi connectivity index (χ0n) is 17.1. The van der Waals surface area contributed by atoms with E-state index in [2.05, 4.69) is 0 Å².